The summed E-state index contributed by atoms with van der Waals surface area (Å²) in [6.45, 7) is 0. The van der Waals surface area contributed by atoms with Crippen LogP contribution < -0.4 is 14.2 Å². The first kappa shape index (κ1) is 15.2. The van der Waals surface area contributed by atoms with Crippen LogP contribution >= 0.6 is 0 Å². The van der Waals surface area contributed by atoms with Gasteiger partial charge in [0.2, 0.25) is 5.75 Å². The van der Waals surface area contributed by atoms with Crippen molar-refractivity contribution in [3.05, 3.63) is 22.8 Å². The van der Waals surface area contributed by atoms with Crippen LogP contribution in [0.3, 0.4) is 0 Å². The first-order valence-corrected chi connectivity index (χ1v) is 7.82. The summed E-state index contributed by atoms with van der Waals surface area (Å²) in [6, 6.07) is 2.09. The highest BCUT2D eigenvalue weighted by atomic mass is 16.5. The van der Waals surface area contributed by atoms with Crippen molar-refractivity contribution in [2.45, 2.75) is 38.2 Å². The average molecular weight is 304 g/mol. The number of ether oxygens (including phenoxy) is 4. The molecule has 0 bridgehead atoms. The SMILES string of the molecule is COc1cc2c(c(OC)c1OC)C1=C(CCC2)CCC1OC. The Balaban J connectivity index is 2.27. The molecule has 0 N–H and O–H groups in total. The molecule has 0 heterocycles. The van der Waals surface area contributed by atoms with Crippen LogP contribution in [0.1, 0.15) is 36.8 Å². The third kappa shape index (κ3) is 2.26. The number of benzene rings is 1. The first-order chi connectivity index (χ1) is 10.7. The van der Waals surface area contributed by atoms with Crippen molar-refractivity contribution in [3.63, 3.8) is 0 Å². The molecule has 2 aliphatic carbocycles. The van der Waals surface area contributed by atoms with Crippen molar-refractivity contribution in [1.82, 2.24) is 0 Å². The zero-order chi connectivity index (χ0) is 15.7. The fraction of sp³-hybridized carbons (Fsp3) is 0.556. The van der Waals surface area contributed by atoms with E-state index in [2.05, 4.69) is 6.07 Å². The highest BCUT2D eigenvalue weighted by Gasteiger charge is 2.34. The maximum atomic E-state index is 5.74. The highest BCUT2D eigenvalue weighted by molar-refractivity contribution is 5.83. The van der Waals surface area contributed by atoms with Crippen molar-refractivity contribution in [2.75, 3.05) is 28.4 Å². The molecule has 4 heteroatoms. The molecule has 1 unspecified atom stereocenters. The van der Waals surface area contributed by atoms with Crippen LogP contribution in [-0.4, -0.2) is 34.5 Å². The Morgan fingerprint density at radius 1 is 0.909 bits per heavy atom. The predicted molar refractivity (Wildman–Crippen MR) is 86.0 cm³/mol. The second kappa shape index (κ2) is 6.21. The Bertz CT molecular complexity index is 604. The lowest BCUT2D eigenvalue weighted by atomic mass is 9.94. The lowest BCUT2D eigenvalue weighted by Gasteiger charge is -2.22. The zero-order valence-corrected chi connectivity index (χ0v) is 13.8. The van der Waals surface area contributed by atoms with Crippen molar-refractivity contribution in [2.24, 2.45) is 0 Å². The number of fused-ring (bicyclic) bond motifs is 2. The van der Waals surface area contributed by atoms with Crippen LogP contribution in [0.5, 0.6) is 17.2 Å². The normalized spacial score (nSPS) is 20.3. The van der Waals surface area contributed by atoms with Crippen LogP contribution in [0.25, 0.3) is 5.57 Å². The Morgan fingerprint density at radius 2 is 1.68 bits per heavy atom. The number of hydrogen-bond acceptors (Lipinski definition) is 4. The maximum Gasteiger partial charge on any atom is 0.203 e. The van der Waals surface area contributed by atoms with Gasteiger partial charge in [-0.05, 0) is 49.3 Å². The van der Waals surface area contributed by atoms with Crippen molar-refractivity contribution in [3.8, 4) is 17.2 Å². The molecule has 0 spiro atoms. The van der Waals surface area contributed by atoms with E-state index in [0.717, 1.165) is 49.2 Å². The Kier molecular flexibility index (Phi) is 4.30. The van der Waals surface area contributed by atoms with E-state index in [4.69, 9.17) is 18.9 Å². The molecule has 0 aliphatic heterocycles. The van der Waals surface area contributed by atoms with Gasteiger partial charge < -0.3 is 18.9 Å². The number of methoxy groups -OCH3 is 4. The summed E-state index contributed by atoms with van der Waals surface area (Å²) in [4.78, 5) is 0. The van der Waals surface area contributed by atoms with E-state index >= 15 is 0 Å². The molecular weight excluding hydrogens is 280 g/mol. The van der Waals surface area contributed by atoms with Crippen LogP contribution in [0.4, 0.5) is 0 Å². The van der Waals surface area contributed by atoms with Crippen molar-refractivity contribution in [1.29, 1.82) is 0 Å². The molecule has 0 fully saturated rings. The number of aryl methyl sites for hydroxylation is 1. The minimum absolute atomic E-state index is 0.152. The van der Waals surface area contributed by atoms with E-state index in [1.54, 1.807) is 28.4 Å². The summed E-state index contributed by atoms with van der Waals surface area (Å²) in [5, 5.41) is 0. The first-order valence-electron chi connectivity index (χ1n) is 7.82. The standard InChI is InChI=1S/C18H24O4/c1-19-13-9-8-11-6-5-7-12-10-14(20-2)17(21-3)18(22-4)16(12)15(11)13/h10,13H,5-9H2,1-4H3. The van der Waals surface area contributed by atoms with Gasteiger partial charge in [-0.3, -0.25) is 0 Å². The largest absolute Gasteiger partial charge is 0.493 e. The molecule has 1 aromatic rings. The second-order valence-electron chi connectivity index (χ2n) is 5.81. The molecule has 4 nitrogen and oxygen atoms in total. The van der Waals surface area contributed by atoms with Gasteiger partial charge in [-0.25, -0.2) is 0 Å². The van der Waals surface area contributed by atoms with Gasteiger partial charge in [0, 0.05) is 12.7 Å². The Morgan fingerprint density at radius 3 is 2.32 bits per heavy atom. The molecule has 1 atom stereocenters. The van der Waals surface area contributed by atoms with E-state index in [0.29, 0.717) is 5.75 Å². The summed E-state index contributed by atoms with van der Waals surface area (Å²) < 4.78 is 22.5. The van der Waals surface area contributed by atoms with Crippen molar-refractivity contribution >= 4 is 5.57 Å². The summed E-state index contributed by atoms with van der Waals surface area (Å²) >= 11 is 0. The molecule has 1 aromatic carbocycles. The van der Waals surface area contributed by atoms with E-state index in [1.165, 1.54) is 16.7 Å². The zero-order valence-electron chi connectivity index (χ0n) is 13.8. The van der Waals surface area contributed by atoms with Crippen LogP contribution in [0.2, 0.25) is 0 Å². The topological polar surface area (TPSA) is 36.9 Å². The lowest BCUT2D eigenvalue weighted by Crippen LogP contribution is -2.11. The third-order valence-electron chi connectivity index (χ3n) is 4.80. The Hall–Kier alpha value is -1.68. The van der Waals surface area contributed by atoms with Gasteiger partial charge in [0.15, 0.2) is 11.5 Å². The predicted octanol–water partition coefficient (Wildman–Crippen LogP) is 3.61. The van der Waals surface area contributed by atoms with Gasteiger partial charge in [-0.15, -0.1) is 0 Å². The second-order valence-corrected chi connectivity index (χ2v) is 5.81. The molecule has 0 radical (unpaired) electrons. The minimum Gasteiger partial charge on any atom is -0.493 e. The molecular formula is C18H24O4. The molecule has 0 aromatic heterocycles. The average Bonchev–Trinajstić information content (AvgIpc) is 2.86. The number of allylic oxidation sites excluding steroid dienone is 1. The van der Waals surface area contributed by atoms with Gasteiger partial charge in [0.25, 0.3) is 0 Å². The summed E-state index contributed by atoms with van der Waals surface area (Å²) in [6.07, 6.45) is 5.63. The lowest BCUT2D eigenvalue weighted by molar-refractivity contribution is 0.147. The van der Waals surface area contributed by atoms with Crippen LogP contribution in [0, 0.1) is 0 Å². The number of rotatable bonds is 4. The smallest absolute Gasteiger partial charge is 0.203 e. The molecule has 0 saturated carbocycles. The van der Waals surface area contributed by atoms with Gasteiger partial charge >= 0.3 is 0 Å². The van der Waals surface area contributed by atoms with Crippen molar-refractivity contribution < 1.29 is 18.9 Å². The summed E-state index contributed by atoms with van der Waals surface area (Å²) in [5.41, 5.74) is 5.25. The van der Waals surface area contributed by atoms with Gasteiger partial charge in [0.1, 0.15) is 0 Å². The number of hydrogen-bond donors (Lipinski definition) is 0. The molecule has 120 valence electrons. The molecule has 0 amide bonds. The van der Waals surface area contributed by atoms with Gasteiger partial charge in [0.05, 0.1) is 27.4 Å². The quantitative estimate of drug-likeness (QED) is 0.851. The Labute approximate surface area is 132 Å². The maximum absolute atomic E-state index is 5.74. The van der Waals surface area contributed by atoms with Crippen LogP contribution in [-0.2, 0) is 11.2 Å². The van der Waals surface area contributed by atoms with E-state index in [1.807, 2.05) is 0 Å². The fourth-order valence-electron chi connectivity index (χ4n) is 3.84. The highest BCUT2D eigenvalue weighted by Crippen LogP contribution is 2.51. The summed E-state index contributed by atoms with van der Waals surface area (Å²) in [7, 11) is 6.80. The van der Waals surface area contributed by atoms with E-state index in [9.17, 15) is 0 Å². The van der Waals surface area contributed by atoms with Gasteiger partial charge in [-0.2, -0.15) is 0 Å². The molecule has 2 aliphatic rings. The molecule has 3 rings (SSSR count). The monoisotopic (exact) mass is 304 g/mol. The molecule has 22 heavy (non-hydrogen) atoms. The molecule has 0 saturated heterocycles. The third-order valence-corrected chi connectivity index (χ3v) is 4.80. The minimum atomic E-state index is 0.152. The van der Waals surface area contributed by atoms with E-state index in [-0.39, 0.29) is 6.10 Å². The van der Waals surface area contributed by atoms with Crippen LogP contribution in [0.15, 0.2) is 11.6 Å². The fourth-order valence-corrected chi connectivity index (χ4v) is 3.84. The van der Waals surface area contributed by atoms with E-state index < -0.39 is 0 Å². The summed E-state index contributed by atoms with van der Waals surface area (Å²) in [5.74, 6) is 2.17. The van der Waals surface area contributed by atoms with Gasteiger partial charge in [-0.1, -0.05) is 5.57 Å².